The second-order valence-corrected chi connectivity index (χ2v) is 5.26. The van der Waals surface area contributed by atoms with Crippen LogP contribution in [0.3, 0.4) is 0 Å². The van der Waals surface area contributed by atoms with Crippen LogP contribution in [0.1, 0.15) is 12.5 Å². The van der Waals surface area contributed by atoms with Gasteiger partial charge < -0.3 is 9.88 Å². The highest BCUT2D eigenvalue weighted by Crippen LogP contribution is 2.22. The van der Waals surface area contributed by atoms with Gasteiger partial charge in [-0.15, -0.1) is 0 Å². The summed E-state index contributed by atoms with van der Waals surface area (Å²) in [6.07, 6.45) is 0. The highest BCUT2D eigenvalue weighted by Gasteiger charge is 2.10. The fourth-order valence-corrected chi connectivity index (χ4v) is 2.53. The molecule has 1 N–H and O–H groups in total. The minimum atomic E-state index is -0.0475. The van der Waals surface area contributed by atoms with E-state index < -0.39 is 0 Å². The summed E-state index contributed by atoms with van der Waals surface area (Å²) in [5.74, 6) is -0.0475. The van der Waals surface area contributed by atoms with E-state index in [1.807, 2.05) is 31.2 Å². The van der Waals surface area contributed by atoms with Crippen molar-refractivity contribution in [1.82, 2.24) is 4.98 Å². The Labute approximate surface area is 122 Å². The third kappa shape index (κ3) is 2.09. The Hall–Kier alpha value is -2.62. The zero-order chi connectivity index (χ0) is 15.1. The Bertz CT molecular complexity index is 925. The molecule has 1 heterocycles. The lowest BCUT2D eigenvalue weighted by molar-refractivity contribution is -0.116. The number of aryl methyl sites for hydroxylation is 1. The number of pyridine rings is 1. The molecule has 0 aliphatic carbocycles. The SMILES string of the molecule is CC(=O)N(C)c1ccc2c(=O)c3cccc(C)c3[nH]c2c1. The molecule has 4 nitrogen and oxygen atoms in total. The number of fused-ring (bicyclic) bond motifs is 2. The van der Waals surface area contributed by atoms with Gasteiger partial charge in [-0.1, -0.05) is 12.1 Å². The number of anilines is 1. The molecule has 2 aromatic carbocycles. The predicted octanol–water partition coefficient (Wildman–Crippen LogP) is 2.97. The third-order valence-electron chi connectivity index (χ3n) is 3.88. The van der Waals surface area contributed by atoms with Crippen LogP contribution in [-0.2, 0) is 4.79 Å². The van der Waals surface area contributed by atoms with Gasteiger partial charge in [0.05, 0.1) is 11.0 Å². The fraction of sp³-hybridized carbons (Fsp3) is 0.176. The Balaban J connectivity index is 2.36. The van der Waals surface area contributed by atoms with E-state index in [-0.39, 0.29) is 11.3 Å². The maximum atomic E-state index is 12.6. The van der Waals surface area contributed by atoms with Crippen LogP contribution in [0.5, 0.6) is 0 Å². The molecule has 0 radical (unpaired) electrons. The molecule has 3 aromatic rings. The van der Waals surface area contributed by atoms with Gasteiger partial charge in [0.15, 0.2) is 5.43 Å². The predicted molar refractivity (Wildman–Crippen MR) is 85.9 cm³/mol. The number of carbonyl (C=O) groups excluding carboxylic acids is 1. The summed E-state index contributed by atoms with van der Waals surface area (Å²) in [6, 6.07) is 11.1. The molecule has 0 aliphatic rings. The van der Waals surface area contributed by atoms with Crippen LogP contribution in [-0.4, -0.2) is 17.9 Å². The van der Waals surface area contributed by atoms with E-state index in [9.17, 15) is 9.59 Å². The third-order valence-corrected chi connectivity index (χ3v) is 3.88. The lowest BCUT2D eigenvalue weighted by atomic mass is 10.1. The molecular weight excluding hydrogens is 264 g/mol. The van der Waals surface area contributed by atoms with Crippen LogP contribution < -0.4 is 10.3 Å². The maximum absolute atomic E-state index is 12.6. The smallest absolute Gasteiger partial charge is 0.223 e. The van der Waals surface area contributed by atoms with Gasteiger partial charge in [0.25, 0.3) is 0 Å². The van der Waals surface area contributed by atoms with Crippen molar-refractivity contribution in [1.29, 1.82) is 0 Å². The fourth-order valence-electron chi connectivity index (χ4n) is 2.53. The summed E-state index contributed by atoms with van der Waals surface area (Å²) >= 11 is 0. The number of carbonyl (C=O) groups is 1. The van der Waals surface area contributed by atoms with Crippen molar-refractivity contribution in [2.24, 2.45) is 0 Å². The molecule has 1 amide bonds. The van der Waals surface area contributed by atoms with E-state index in [2.05, 4.69) is 4.98 Å². The number of aromatic nitrogens is 1. The van der Waals surface area contributed by atoms with E-state index in [1.165, 1.54) is 6.92 Å². The zero-order valence-electron chi connectivity index (χ0n) is 12.2. The number of benzene rings is 2. The number of amides is 1. The first kappa shape index (κ1) is 13.4. The number of aromatic amines is 1. The molecule has 0 fully saturated rings. The van der Waals surface area contributed by atoms with Crippen molar-refractivity contribution in [3.63, 3.8) is 0 Å². The lowest BCUT2D eigenvalue weighted by Gasteiger charge is -2.15. The van der Waals surface area contributed by atoms with Gasteiger partial charge in [-0.2, -0.15) is 0 Å². The Morgan fingerprint density at radius 2 is 1.90 bits per heavy atom. The highest BCUT2D eigenvalue weighted by atomic mass is 16.2. The van der Waals surface area contributed by atoms with Crippen LogP contribution in [0.2, 0.25) is 0 Å². The van der Waals surface area contributed by atoms with Crippen LogP contribution in [0.15, 0.2) is 41.2 Å². The molecule has 106 valence electrons. The van der Waals surface area contributed by atoms with Crippen molar-refractivity contribution in [2.75, 3.05) is 11.9 Å². The van der Waals surface area contributed by atoms with Gasteiger partial charge in [-0.05, 0) is 36.8 Å². The lowest BCUT2D eigenvalue weighted by Crippen LogP contribution is -2.22. The molecule has 0 unspecified atom stereocenters. The number of hydrogen-bond donors (Lipinski definition) is 1. The zero-order valence-corrected chi connectivity index (χ0v) is 12.2. The number of para-hydroxylation sites is 1. The molecule has 0 aliphatic heterocycles. The number of rotatable bonds is 1. The molecule has 0 spiro atoms. The summed E-state index contributed by atoms with van der Waals surface area (Å²) < 4.78 is 0. The summed E-state index contributed by atoms with van der Waals surface area (Å²) in [4.78, 5) is 28.9. The Kier molecular flexibility index (Phi) is 3.01. The first-order chi connectivity index (χ1) is 9.99. The van der Waals surface area contributed by atoms with E-state index in [1.54, 1.807) is 24.1 Å². The minimum Gasteiger partial charge on any atom is -0.354 e. The summed E-state index contributed by atoms with van der Waals surface area (Å²) in [6.45, 7) is 3.48. The van der Waals surface area contributed by atoms with E-state index in [0.717, 1.165) is 22.3 Å². The largest absolute Gasteiger partial charge is 0.354 e. The van der Waals surface area contributed by atoms with Crippen molar-refractivity contribution in [3.05, 3.63) is 52.2 Å². The second-order valence-electron chi connectivity index (χ2n) is 5.26. The topological polar surface area (TPSA) is 53.2 Å². The van der Waals surface area contributed by atoms with Gasteiger partial charge >= 0.3 is 0 Å². The normalized spacial score (nSPS) is 11.0. The number of H-pyrrole nitrogens is 1. The minimum absolute atomic E-state index is 0.0134. The maximum Gasteiger partial charge on any atom is 0.223 e. The molecule has 3 rings (SSSR count). The second kappa shape index (κ2) is 4.74. The Morgan fingerprint density at radius 1 is 1.14 bits per heavy atom. The molecule has 0 bridgehead atoms. The molecule has 0 atom stereocenters. The number of nitrogens with one attached hydrogen (secondary N) is 1. The van der Waals surface area contributed by atoms with Crippen molar-refractivity contribution in [2.45, 2.75) is 13.8 Å². The van der Waals surface area contributed by atoms with Crippen molar-refractivity contribution in [3.8, 4) is 0 Å². The van der Waals surface area contributed by atoms with Gasteiger partial charge in [0.1, 0.15) is 0 Å². The summed E-state index contributed by atoms with van der Waals surface area (Å²) in [5.41, 5.74) is 3.39. The standard InChI is InChI=1S/C17H16N2O2/c1-10-5-4-6-14-16(10)18-15-9-12(19(3)11(2)20)7-8-13(15)17(14)21/h4-9H,1-3H3,(H,18,21). The molecule has 21 heavy (non-hydrogen) atoms. The van der Waals surface area contributed by atoms with Crippen LogP contribution in [0.25, 0.3) is 21.8 Å². The molecule has 1 aromatic heterocycles. The average Bonchev–Trinajstić information content (AvgIpc) is 2.47. The van der Waals surface area contributed by atoms with Gasteiger partial charge in [0.2, 0.25) is 5.91 Å². The molecular formula is C17H16N2O2. The quantitative estimate of drug-likeness (QED) is 0.697. The summed E-state index contributed by atoms with van der Waals surface area (Å²) in [5, 5.41) is 1.32. The monoisotopic (exact) mass is 280 g/mol. The van der Waals surface area contributed by atoms with Gasteiger partial charge in [-0.25, -0.2) is 0 Å². The van der Waals surface area contributed by atoms with Gasteiger partial charge in [0, 0.05) is 30.4 Å². The molecule has 0 saturated heterocycles. The molecule has 0 saturated carbocycles. The first-order valence-electron chi connectivity index (χ1n) is 6.78. The number of hydrogen-bond acceptors (Lipinski definition) is 2. The highest BCUT2D eigenvalue weighted by molar-refractivity contribution is 5.97. The number of nitrogens with zero attached hydrogens (tertiary/aromatic N) is 1. The Morgan fingerprint density at radius 3 is 2.62 bits per heavy atom. The van der Waals surface area contributed by atoms with Gasteiger partial charge in [-0.3, -0.25) is 9.59 Å². The summed E-state index contributed by atoms with van der Waals surface area (Å²) in [7, 11) is 1.72. The molecule has 4 heteroatoms. The average molecular weight is 280 g/mol. The van der Waals surface area contributed by atoms with Crippen LogP contribution >= 0.6 is 0 Å². The van der Waals surface area contributed by atoms with Crippen molar-refractivity contribution < 1.29 is 4.79 Å². The van der Waals surface area contributed by atoms with Crippen LogP contribution in [0, 0.1) is 6.92 Å². The van der Waals surface area contributed by atoms with E-state index in [4.69, 9.17) is 0 Å². The van der Waals surface area contributed by atoms with Crippen molar-refractivity contribution >= 4 is 33.4 Å². The van der Waals surface area contributed by atoms with E-state index in [0.29, 0.717) is 10.8 Å². The van der Waals surface area contributed by atoms with E-state index >= 15 is 0 Å². The first-order valence-corrected chi connectivity index (χ1v) is 6.78. The van der Waals surface area contributed by atoms with Crippen LogP contribution in [0.4, 0.5) is 5.69 Å².